The van der Waals surface area contributed by atoms with Crippen LogP contribution in [-0.2, 0) is 0 Å². The summed E-state index contributed by atoms with van der Waals surface area (Å²) < 4.78 is 0.845. The number of nitrogens with one attached hydrogen (secondary N) is 1. The first kappa shape index (κ1) is 11.6. The second-order valence-corrected chi connectivity index (χ2v) is 4.72. The Morgan fingerprint density at radius 3 is 2.88 bits per heavy atom. The van der Waals surface area contributed by atoms with Crippen LogP contribution < -0.4 is 16.2 Å². The van der Waals surface area contributed by atoms with Gasteiger partial charge in [0.05, 0.1) is 0 Å². The highest BCUT2D eigenvalue weighted by Gasteiger charge is 2.31. The van der Waals surface area contributed by atoms with Crippen molar-refractivity contribution in [2.75, 3.05) is 16.9 Å². The lowest BCUT2D eigenvalue weighted by Gasteiger charge is -2.24. The number of nitrogen functional groups attached to an aromatic ring is 1. The minimum Gasteiger partial charge on any atom is -0.353 e. The third-order valence-electron chi connectivity index (χ3n) is 2.63. The van der Waals surface area contributed by atoms with Crippen molar-refractivity contribution in [3.63, 3.8) is 0 Å². The Balaban J connectivity index is 2.29. The van der Waals surface area contributed by atoms with Crippen molar-refractivity contribution in [3.05, 3.63) is 10.8 Å². The first-order chi connectivity index (χ1) is 7.77. The Hall–Kier alpha value is -0.880. The van der Waals surface area contributed by atoms with Gasteiger partial charge in [-0.2, -0.15) is 0 Å². The van der Waals surface area contributed by atoms with Gasteiger partial charge in [0, 0.05) is 12.6 Å². The van der Waals surface area contributed by atoms with Gasteiger partial charge >= 0.3 is 0 Å². The van der Waals surface area contributed by atoms with Crippen LogP contribution in [0.4, 0.5) is 11.6 Å². The second kappa shape index (κ2) is 4.97. The lowest BCUT2D eigenvalue weighted by molar-refractivity contribution is 0.746. The maximum atomic E-state index is 5.40. The third-order valence-corrected chi connectivity index (χ3v) is 3.36. The summed E-state index contributed by atoms with van der Waals surface area (Å²) in [5.74, 6) is 6.97. The van der Waals surface area contributed by atoms with Crippen molar-refractivity contribution in [2.45, 2.75) is 32.2 Å². The van der Waals surface area contributed by atoms with E-state index in [0.29, 0.717) is 11.9 Å². The van der Waals surface area contributed by atoms with E-state index in [1.54, 1.807) is 6.33 Å². The molecule has 1 aromatic heterocycles. The monoisotopic (exact) mass is 285 g/mol. The molecule has 0 spiro atoms. The topological polar surface area (TPSA) is 67.1 Å². The first-order valence-electron chi connectivity index (χ1n) is 5.51. The van der Waals surface area contributed by atoms with E-state index in [2.05, 4.69) is 43.1 Å². The van der Waals surface area contributed by atoms with E-state index in [-0.39, 0.29) is 0 Å². The van der Waals surface area contributed by atoms with E-state index in [1.165, 1.54) is 12.8 Å². The standard InChI is InChI=1S/C10H16BrN5/c1-2-5-16(7-3-4-7)10-8(11)9(15-12)13-6-14-10/h6-7H,2-5,12H2,1H3,(H,13,14,15). The van der Waals surface area contributed by atoms with Gasteiger partial charge in [0.15, 0.2) is 5.82 Å². The molecule has 0 unspecified atom stereocenters. The molecule has 1 aliphatic rings. The van der Waals surface area contributed by atoms with Crippen LogP contribution in [0.5, 0.6) is 0 Å². The van der Waals surface area contributed by atoms with E-state index < -0.39 is 0 Å². The van der Waals surface area contributed by atoms with Crippen molar-refractivity contribution in [1.29, 1.82) is 0 Å². The Morgan fingerprint density at radius 1 is 1.56 bits per heavy atom. The summed E-state index contributed by atoms with van der Waals surface area (Å²) in [6.07, 6.45) is 5.16. The molecule has 1 aliphatic carbocycles. The van der Waals surface area contributed by atoms with Crippen LogP contribution in [0.15, 0.2) is 10.8 Å². The molecule has 1 aromatic rings. The van der Waals surface area contributed by atoms with Crippen LogP contribution in [0.3, 0.4) is 0 Å². The van der Waals surface area contributed by atoms with E-state index in [0.717, 1.165) is 23.3 Å². The Kier molecular flexibility index (Phi) is 3.60. The Labute approximate surface area is 104 Å². The second-order valence-electron chi connectivity index (χ2n) is 3.93. The molecule has 1 heterocycles. The number of anilines is 2. The fourth-order valence-electron chi connectivity index (χ4n) is 1.75. The summed E-state index contributed by atoms with van der Waals surface area (Å²) in [7, 11) is 0. The summed E-state index contributed by atoms with van der Waals surface area (Å²) in [5.41, 5.74) is 2.57. The predicted octanol–water partition coefficient (Wildman–Crippen LogP) is 1.90. The minimum absolute atomic E-state index is 0.631. The lowest BCUT2D eigenvalue weighted by Crippen LogP contribution is -2.28. The molecule has 0 aromatic carbocycles. The molecule has 0 atom stereocenters. The number of halogens is 1. The number of rotatable bonds is 5. The van der Waals surface area contributed by atoms with E-state index in [1.807, 2.05) is 0 Å². The van der Waals surface area contributed by atoms with Crippen molar-refractivity contribution < 1.29 is 0 Å². The third kappa shape index (κ3) is 2.27. The Morgan fingerprint density at radius 2 is 2.31 bits per heavy atom. The average molecular weight is 286 g/mol. The van der Waals surface area contributed by atoms with Gasteiger partial charge in [-0.15, -0.1) is 0 Å². The molecule has 6 heteroatoms. The van der Waals surface area contributed by atoms with Gasteiger partial charge in [-0.05, 0) is 35.2 Å². The average Bonchev–Trinajstić information content (AvgIpc) is 3.11. The highest BCUT2D eigenvalue weighted by atomic mass is 79.9. The predicted molar refractivity (Wildman–Crippen MR) is 68.2 cm³/mol. The molecule has 0 saturated heterocycles. The lowest BCUT2D eigenvalue weighted by atomic mass is 10.3. The molecular formula is C10H16BrN5. The van der Waals surface area contributed by atoms with Crippen LogP contribution in [0.2, 0.25) is 0 Å². The zero-order chi connectivity index (χ0) is 11.5. The number of aromatic nitrogens is 2. The summed E-state index contributed by atoms with van der Waals surface area (Å²) >= 11 is 3.50. The summed E-state index contributed by atoms with van der Waals surface area (Å²) in [6.45, 7) is 3.19. The number of nitrogens with zero attached hydrogens (tertiary/aromatic N) is 3. The number of hydrogen-bond acceptors (Lipinski definition) is 5. The maximum Gasteiger partial charge on any atom is 0.159 e. The van der Waals surface area contributed by atoms with E-state index in [9.17, 15) is 0 Å². The molecular weight excluding hydrogens is 270 g/mol. The summed E-state index contributed by atoms with van der Waals surface area (Å²) in [5, 5.41) is 0. The Bertz CT molecular complexity index is 366. The normalized spacial score (nSPS) is 14.9. The van der Waals surface area contributed by atoms with E-state index in [4.69, 9.17) is 5.84 Å². The molecule has 1 saturated carbocycles. The zero-order valence-electron chi connectivity index (χ0n) is 9.28. The molecule has 0 amide bonds. The fraction of sp³-hybridized carbons (Fsp3) is 0.600. The minimum atomic E-state index is 0.631. The maximum absolute atomic E-state index is 5.40. The van der Waals surface area contributed by atoms with Gasteiger partial charge in [0.2, 0.25) is 0 Å². The molecule has 2 rings (SSSR count). The number of hydrogen-bond donors (Lipinski definition) is 2. The van der Waals surface area contributed by atoms with Crippen molar-refractivity contribution in [1.82, 2.24) is 9.97 Å². The van der Waals surface area contributed by atoms with Gasteiger partial charge in [0.25, 0.3) is 0 Å². The molecule has 5 nitrogen and oxygen atoms in total. The highest BCUT2D eigenvalue weighted by molar-refractivity contribution is 9.10. The molecule has 3 N–H and O–H groups in total. The molecule has 88 valence electrons. The summed E-state index contributed by atoms with van der Waals surface area (Å²) in [4.78, 5) is 10.7. The molecule has 1 fully saturated rings. The number of nitrogens with two attached hydrogens (primary N) is 1. The zero-order valence-corrected chi connectivity index (χ0v) is 10.9. The van der Waals surface area contributed by atoms with Gasteiger partial charge in [0.1, 0.15) is 16.6 Å². The summed E-state index contributed by atoms with van der Waals surface area (Å²) in [6, 6.07) is 0.636. The van der Waals surface area contributed by atoms with Crippen LogP contribution >= 0.6 is 15.9 Å². The first-order valence-corrected chi connectivity index (χ1v) is 6.31. The van der Waals surface area contributed by atoms with Crippen LogP contribution in [0, 0.1) is 0 Å². The largest absolute Gasteiger partial charge is 0.353 e. The molecule has 0 bridgehead atoms. The quantitative estimate of drug-likeness (QED) is 0.639. The molecule has 0 radical (unpaired) electrons. The molecule has 0 aliphatic heterocycles. The van der Waals surface area contributed by atoms with Gasteiger partial charge in [-0.1, -0.05) is 6.92 Å². The van der Waals surface area contributed by atoms with Gasteiger partial charge < -0.3 is 10.3 Å². The smallest absolute Gasteiger partial charge is 0.159 e. The fourth-order valence-corrected chi connectivity index (χ4v) is 2.30. The van der Waals surface area contributed by atoms with Crippen LogP contribution in [0.25, 0.3) is 0 Å². The van der Waals surface area contributed by atoms with Crippen molar-refractivity contribution in [3.8, 4) is 0 Å². The highest BCUT2D eigenvalue weighted by Crippen LogP contribution is 2.36. The number of hydrazine groups is 1. The van der Waals surface area contributed by atoms with Crippen LogP contribution in [-0.4, -0.2) is 22.6 Å². The molecule has 16 heavy (non-hydrogen) atoms. The van der Waals surface area contributed by atoms with Crippen molar-refractivity contribution in [2.24, 2.45) is 5.84 Å². The van der Waals surface area contributed by atoms with Crippen molar-refractivity contribution >= 4 is 27.6 Å². The van der Waals surface area contributed by atoms with E-state index >= 15 is 0 Å². The van der Waals surface area contributed by atoms with Gasteiger partial charge in [-0.3, -0.25) is 0 Å². The van der Waals surface area contributed by atoms with Gasteiger partial charge in [-0.25, -0.2) is 15.8 Å². The van der Waals surface area contributed by atoms with Crippen LogP contribution in [0.1, 0.15) is 26.2 Å². The SMILES string of the molecule is CCCN(c1ncnc(NN)c1Br)C1CC1.